The first kappa shape index (κ1) is 13.0. The molecule has 90 valence electrons. The fourth-order valence-corrected chi connectivity index (χ4v) is 2.14. The lowest BCUT2D eigenvalue weighted by atomic mass is 9.83. The molecule has 0 amide bonds. The fourth-order valence-electron chi connectivity index (χ4n) is 2.14. The van der Waals surface area contributed by atoms with Crippen molar-refractivity contribution in [2.45, 2.75) is 57.8 Å². The summed E-state index contributed by atoms with van der Waals surface area (Å²) in [6.07, 6.45) is 12.5. The molecule has 1 fully saturated rings. The Morgan fingerprint density at radius 3 is 2.33 bits per heavy atom. The standard InChI is InChI=1S/C13H28N2/c14-10-4-2-1-3-5-11-15-12-9-13-7-6-8-13/h13,15H,1-12,14H2. The molecule has 1 aliphatic rings. The van der Waals surface area contributed by atoms with Gasteiger partial charge in [-0.2, -0.15) is 0 Å². The van der Waals surface area contributed by atoms with Crippen LogP contribution in [-0.4, -0.2) is 19.6 Å². The monoisotopic (exact) mass is 212 g/mol. The summed E-state index contributed by atoms with van der Waals surface area (Å²) >= 11 is 0. The van der Waals surface area contributed by atoms with E-state index in [0.29, 0.717) is 0 Å². The van der Waals surface area contributed by atoms with Gasteiger partial charge in [-0.05, 0) is 44.8 Å². The SMILES string of the molecule is NCCCCCCCNCCC1CCC1. The van der Waals surface area contributed by atoms with Crippen LogP contribution in [0, 0.1) is 5.92 Å². The molecule has 0 aliphatic heterocycles. The molecule has 0 heterocycles. The van der Waals surface area contributed by atoms with Crippen LogP contribution < -0.4 is 11.1 Å². The molecule has 1 saturated carbocycles. The van der Waals surface area contributed by atoms with Crippen molar-refractivity contribution in [1.82, 2.24) is 5.32 Å². The molecule has 15 heavy (non-hydrogen) atoms. The van der Waals surface area contributed by atoms with Gasteiger partial charge >= 0.3 is 0 Å². The Labute approximate surface area is 95.0 Å². The summed E-state index contributed by atoms with van der Waals surface area (Å²) in [5, 5.41) is 3.55. The number of hydrogen-bond donors (Lipinski definition) is 2. The van der Waals surface area contributed by atoms with E-state index in [-0.39, 0.29) is 0 Å². The Bertz CT molecular complexity index is 132. The van der Waals surface area contributed by atoms with Crippen LogP contribution in [0.1, 0.15) is 57.8 Å². The van der Waals surface area contributed by atoms with Crippen molar-refractivity contribution < 1.29 is 0 Å². The molecule has 1 aliphatic carbocycles. The van der Waals surface area contributed by atoms with E-state index in [2.05, 4.69) is 5.32 Å². The predicted octanol–water partition coefficient (Wildman–Crippen LogP) is 2.68. The van der Waals surface area contributed by atoms with Crippen molar-refractivity contribution in [3.05, 3.63) is 0 Å². The van der Waals surface area contributed by atoms with Gasteiger partial charge in [0.15, 0.2) is 0 Å². The van der Waals surface area contributed by atoms with E-state index < -0.39 is 0 Å². The molecule has 0 aromatic heterocycles. The van der Waals surface area contributed by atoms with Crippen LogP contribution in [0.5, 0.6) is 0 Å². The van der Waals surface area contributed by atoms with Crippen molar-refractivity contribution in [3.63, 3.8) is 0 Å². The molecule has 3 N–H and O–H groups in total. The minimum absolute atomic E-state index is 0.861. The van der Waals surface area contributed by atoms with Gasteiger partial charge in [-0.25, -0.2) is 0 Å². The fraction of sp³-hybridized carbons (Fsp3) is 1.00. The molecule has 2 heteroatoms. The van der Waals surface area contributed by atoms with Crippen LogP contribution >= 0.6 is 0 Å². The van der Waals surface area contributed by atoms with Crippen LogP contribution in [0.15, 0.2) is 0 Å². The Morgan fingerprint density at radius 1 is 0.933 bits per heavy atom. The number of rotatable bonds is 10. The molecule has 0 aromatic carbocycles. The second kappa shape index (κ2) is 9.17. The van der Waals surface area contributed by atoms with Crippen LogP contribution in [0.2, 0.25) is 0 Å². The summed E-state index contributed by atoms with van der Waals surface area (Å²) < 4.78 is 0. The lowest BCUT2D eigenvalue weighted by Crippen LogP contribution is -2.22. The van der Waals surface area contributed by atoms with Gasteiger partial charge < -0.3 is 11.1 Å². The maximum atomic E-state index is 5.44. The molecule has 0 atom stereocenters. The summed E-state index contributed by atoms with van der Waals surface area (Å²) in [5.41, 5.74) is 5.44. The van der Waals surface area contributed by atoms with Crippen LogP contribution in [0.25, 0.3) is 0 Å². The van der Waals surface area contributed by atoms with E-state index in [1.807, 2.05) is 0 Å². The zero-order valence-electron chi connectivity index (χ0n) is 10.1. The average molecular weight is 212 g/mol. The topological polar surface area (TPSA) is 38.0 Å². The largest absolute Gasteiger partial charge is 0.330 e. The van der Waals surface area contributed by atoms with Gasteiger partial charge in [-0.3, -0.25) is 0 Å². The molecule has 0 aromatic rings. The number of nitrogens with two attached hydrogens (primary N) is 1. The zero-order chi connectivity index (χ0) is 10.8. The molecule has 0 unspecified atom stereocenters. The third-order valence-corrected chi connectivity index (χ3v) is 3.51. The summed E-state index contributed by atoms with van der Waals surface area (Å²) in [4.78, 5) is 0. The van der Waals surface area contributed by atoms with Crippen molar-refractivity contribution in [3.8, 4) is 0 Å². The highest BCUT2D eigenvalue weighted by atomic mass is 14.8. The normalized spacial score (nSPS) is 16.6. The second-order valence-corrected chi connectivity index (χ2v) is 4.89. The minimum Gasteiger partial charge on any atom is -0.330 e. The maximum absolute atomic E-state index is 5.44. The summed E-state index contributed by atoms with van der Waals surface area (Å²) in [5.74, 6) is 1.06. The van der Waals surface area contributed by atoms with E-state index in [9.17, 15) is 0 Å². The summed E-state index contributed by atoms with van der Waals surface area (Å²) in [6.45, 7) is 3.32. The minimum atomic E-state index is 0.861. The smallest absolute Gasteiger partial charge is 0.00463 e. The Balaban J connectivity index is 1.66. The average Bonchev–Trinajstić information content (AvgIpc) is 2.18. The molecule has 0 saturated heterocycles. The Morgan fingerprint density at radius 2 is 1.67 bits per heavy atom. The summed E-state index contributed by atoms with van der Waals surface area (Å²) in [7, 11) is 0. The quantitative estimate of drug-likeness (QED) is 0.546. The van der Waals surface area contributed by atoms with Gasteiger partial charge in [0.05, 0.1) is 0 Å². The zero-order valence-corrected chi connectivity index (χ0v) is 10.1. The molecule has 0 spiro atoms. The van der Waals surface area contributed by atoms with Gasteiger partial charge in [0.25, 0.3) is 0 Å². The van der Waals surface area contributed by atoms with Crippen LogP contribution in [-0.2, 0) is 0 Å². The highest BCUT2D eigenvalue weighted by Crippen LogP contribution is 2.28. The van der Waals surface area contributed by atoms with Crippen molar-refractivity contribution >= 4 is 0 Å². The van der Waals surface area contributed by atoms with E-state index in [0.717, 1.165) is 12.5 Å². The number of unbranched alkanes of at least 4 members (excludes halogenated alkanes) is 4. The van der Waals surface area contributed by atoms with Gasteiger partial charge in [-0.1, -0.05) is 38.5 Å². The van der Waals surface area contributed by atoms with Gasteiger partial charge in [0.1, 0.15) is 0 Å². The van der Waals surface area contributed by atoms with Gasteiger partial charge in [-0.15, -0.1) is 0 Å². The third-order valence-electron chi connectivity index (χ3n) is 3.51. The lowest BCUT2D eigenvalue weighted by molar-refractivity contribution is 0.292. The van der Waals surface area contributed by atoms with Crippen LogP contribution in [0.4, 0.5) is 0 Å². The van der Waals surface area contributed by atoms with Gasteiger partial charge in [0, 0.05) is 0 Å². The first-order valence-electron chi connectivity index (χ1n) is 6.84. The maximum Gasteiger partial charge on any atom is -0.00463 e. The second-order valence-electron chi connectivity index (χ2n) is 4.89. The van der Waals surface area contributed by atoms with E-state index in [1.54, 1.807) is 0 Å². The third kappa shape index (κ3) is 6.91. The van der Waals surface area contributed by atoms with Crippen molar-refractivity contribution in [2.75, 3.05) is 19.6 Å². The van der Waals surface area contributed by atoms with Crippen LogP contribution in [0.3, 0.4) is 0 Å². The van der Waals surface area contributed by atoms with Gasteiger partial charge in [0.2, 0.25) is 0 Å². The molecule has 0 bridgehead atoms. The molecular weight excluding hydrogens is 184 g/mol. The Kier molecular flexibility index (Phi) is 7.94. The molecule has 1 rings (SSSR count). The van der Waals surface area contributed by atoms with E-state index in [1.165, 1.54) is 70.9 Å². The number of hydrogen-bond acceptors (Lipinski definition) is 2. The van der Waals surface area contributed by atoms with Crippen molar-refractivity contribution in [2.24, 2.45) is 11.7 Å². The highest BCUT2D eigenvalue weighted by Gasteiger charge is 2.15. The first-order valence-corrected chi connectivity index (χ1v) is 6.84. The Hall–Kier alpha value is -0.0800. The lowest BCUT2D eigenvalue weighted by Gasteiger charge is -2.25. The molecule has 0 radical (unpaired) electrons. The molecular formula is C13H28N2. The summed E-state index contributed by atoms with van der Waals surface area (Å²) in [6, 6.07) is 0. The number of nitrogens with one attached hydrogen (secondary N) is 1. The predicted molar refractivity (Wildman–Crippen MR) is 67.0 cm³/mol. The van der Waals surface area contributed by atoms with Crippen molar-refractivity contribution in [1.29, 1.82) is 0 Å². The van der Waals surface area contributed by atoms with E-state index in [4.69, 9.17) is 5.73 Å². The molecule has 2 nitrogen and oxygen atoms in total. The first-order chi connectivity index (χ1) is 7.43. The highest BCUT2D eigenvalue weighted by molar-refractivity contribution is 4.70. The van der Waals surface area contributed by atoms with E-state index >= 15 is 0 Å².